The molecule has 1 aliphatic heterocycles. The number of hydrogen-bond acceptors (Lipinski definition) is 2. The van der Waals surface area contributed by atoms with Gasteiger partial charge in [-0.05, 0) is 49.8 Å². The molecule has 0 spiro atoms. The summed E-state index contributed by atoms with van der Waals surface area (Å²) in [4.78, 5) is 6.84. The first kappa shape index (κ1) is 15.0. The quantitative estimate of drug-likeness (QED) is 0.879. The van der Waals surface area contributed by atoms with Crippen molar-refractivity contribution in [2.24, 2.45) is 7.05 Å². The summed E-state index contributed by atoms with van der Waals surface area (Å²) in [5.41, 5.74) is 3.56. The maximum atomic E-state index is 5.59. The molecule has 3 rings (SSSR count). The molecule has 1 saturated heterocycles. The molecule has 2 aromatic rings. The monoisotopic (exact) mass is 314 g/mol. The van der Waals surface area contributed by atoms with Crippen LogP contribution in [0.4, 0.5) is 0 Å². The van der Waals surface area contributed by atoms with Crippen LogP contribution in [0, 0.1) is 6.92 Å². The lowest BCUT2D eigenvalue weighted by Gasteiger charge is -2.28. The van der Waals surface area contributed by atoms with Crippen LogP contribution in [0.3, 0.4) is 0 Å². The largest absolute Gasteiger partial charge is 0.352 e. The van der Waals surface area contributed by atoms with Crippen molar-refractivity contribution in [3.63, 3.8) is 0 Å². The predicted molar refractivity (Wildman–Crippen MR) is 92.6 cm³/mol. The maximum Gasteiger partial charge on any atom is 0.170 e. The van der Waals surface area contributed by atoms with E-state index in [1.165, 1.54) is 11.4 Å². The van der Waals surface area contributed by atoms with Crippen molar-refractivity contribution in [3.8, 4) is 0 Å². The van der Waals surface area contributed by atoms with Crippen molar-refractivity contribution in [1.82, 2.24) is 19.8 Å². The maximum absolute atomic E-state index is 5.59. The molecular formula is C17H22N4S. The van der Waals surface area contributed by atoms with Crippen LogP contribution in [0.15, 0.2) is 36.5 Å². The van der Waals surface area contributed by atoms with Gasteiger partial charge in [-0.1, -0.05) is 13.0 Å². The standard InChI is InChI=1S/C17H22N4S/c1-4-11-21-16(14-9-8-12(2)20(14)3)15(19-17(21)22)13-7-5-6-10-18-13/h5-10,15-16H,4,11H2,1-3H3,(H,19,22)/t15-,16-/m1/s1. The van der Waals surface area contributed by atoms with Gasteiger partial charge in [-0.3, -0.25) is 4.98 Å². The summed E-state index contributed by atoms with van der Waals surface area (Å²) in [6.45, 7) is 5.26. The Morgan fingerprint density at radius 3 is 2.68 bits per heavy atom. The molecule has 116 valence electrons. The van der Waals surface area contributed by atoms with Crippen LogP contribution in [0.5, 0.6) is 0 Å². The third-order valence-electron chi connectivity index (χ3n) is 4.38. The van der Waals surface area contributed by atoms with E-state index >= 15 is 0 Å². The Morgan fingerprint density at radius 1 is 1.27 bits per heavy atom. The highest BCUT2D eigenvalue weighted by atomic mass is 32.1. The van der Waals surface area contributed by atoms with Crippen LogP contribution >= 0.6 is 12.2 Å². The van der Waals surface area contributed by atoms with Crippen molar-refractivity contribution in [1.29, 1.82) is 0 Å². The molecule has 0 aliphatic carbocycles. The zero-order valence-electron chi connectivity index (χ0n) is 13.3. The van der Waals surface area contributed by atoms with E-state index in [9.17, 15) is 0 Å². The second-order valence-corrected chi connectivity index (χ2v) is 6.17. The molecule has 1 N–H and O–H groups in total. The minimum atomic E-state index is 0.0910. The zero-order valence-corrected chi connectivity index (χ0v) is 14.1. The van der Waals surface area contributed by atoms with Crippen LogP contribution in [0.2, 0.25) is 0 Å². The van der Waals surface area contributed by atoms with Crippen molar-refractivity contribution in [2.45, 2.75) is 32.4 Å². The molecule has 5 heteroatoms. The van der Waals surface area contributed by atoms with Gasteiger partial charge in [-0.2, -0.15) is 0 Å². The van der Waals surface area contributed by atoms with Crippen molar-refractivity contribution >= 4 is 17.3 Å². The summed E-state index contributed by atoms with van der Waals surface area (Å²) in [6, 6.07) is 10.7. The summed E-state index contributed by atoms with van der Waals surface area (Å²) in [7, 11) is 2.12. The highest BCUT2D eigenvalue weighted by Crippen LogP contribution is 2.38. The van der Waals surface area contributed by atoms with E-state index in [1.807, 2.05) is 18.3 Å². The lowest BCUT2D eigenvalue weighted by atomic mass is 10.0. The van der Waals surface area contributed by atoms with Crippen LogP contribution < -0.4 is 5.32 Å². The highest BCUT2D eigenvalue weighted by Gasteiger charge is 2.40. The third-order valence-corrected chi connectivity index (χ3v) is 4.73. The van der Waals surface area contributed by atoms with Gasteiger partial charge in [-0.25, -0.2) is 0 Å². The van der Waals surface area contributed by atoms with E-state index in [1.54, 1.807) is 0 Å². The van der Waals surface area contributed by atoms with Gasteiger partial charge < -0.3 is 14.8 Å². The summed E-state index contributed by atoms with van der Waals surface area (Å²) in [5.74, 6) is 0. The molecule has 1 fully saturated rings. The van der Waals surface area contributed by atoms with Crippen LogP contribution in [0.1, 0.15) is 42.5 Å². The normalized spacial score (nSPS) is 21.2. The number of nitrogens with zero attached hydrogens (tertiary/aromatic N) is 3. The minimum Gasteiger partial charge on any atom is -0.352 e. The number of rotatable bonds is 4. The number of pyridine rings is 1. The van der Waals surface area contributed by atoms with Gasteiger partial charge in [0.25, 0.3) is 0 Å². The SMILES string of the molecule is CCCN1C(=S)N[C@H](c2ccccn2)[C@H]1c1ccc(C)n1C. The Labute approximate surface area is 137 Å². The van der Waals surface area contributed by atoms with Gasteiger partial charge >= 0.3 is 0 Å². The predicted octanol–water partition coefficient (Wildman–Crippen LogP) is 3.11. The molecule has 0 saturated carbocycles. The Hall–Kier alpha value is -1.88. The first-order chi connectivity index (χ1) is 10.6. The Kier molecular flexibility index (Phi) is 4.16. The van der Waals surface area contributed by atoms with Gasteiger partial charge in [0.1, 0.15) is 0 Å². The number of thiocarbonyl (C=S) groups is 1. The molecule has 2 aromatic heterocycles. The fraction of sp³-hybridized carbons (Fsp3) is 0.412. The number of nitrogens with one attached hydrogen (secondary N) is 1. The van der Waals surface area contributed by atoms with E-state index in [0.29, 0.717) is 0 Å². The van der Waals surface area contributed by atoms with Gasteiger partial charge in [-0.15, -0.1) is 0 Å². The van der Waals surface area contributed by atoms with E-state index in [2.05, 4.69) is 58.9 Å². The van der Waals surface area contributed by atoms with Gasteiger partial charge in [0, 0.05) is 31.2 Å². The van der Waals surface area contributed by atoms with Crippen molar-refractivity contribution < 1.29 is 0 Å². The first-order valence-corrected chi connectivity index (χ1v) is 8.14. The summed E-state index contributed by atoms with van der Waals surface area (Å²) < 4.78 is 2.25. The summed E-state index contributed by atoms with van der Waals surface area (Å²) >= 11 is 5.59. The molecule has 4 nitrogen and oxygen atoms in total. The lowest BCUT2D eigenvalue weighted by Crippen LogP contribution is -2.31. The molecule has 2 atom stereocenters. The minimum absolute atomic E-state index is 0.0910. The number of aromatic nitrogens is 2. The summed E-state index contributed by atoms with van der Waals surface area (Å²) in [6.07, 6.45) is 2.91. The molecule has 0 amide bonds. The van der Waals surface area contributed by atoms with Gasteiger partial charge in [0.05, 0.1) is 17.8 Å². The van der Waals surface area contributed by atoms with Crippen molar-refractivity contribution in [2.75, 3.05) is 6.54 Å². The average molecular weight is 314 g/mol. The van der Waals surface area contributed by atoms with Crippen LogP contribution in [-0.4, -0.2) is 26.1 Å². The number of aryl methyl sites for hydroxylation is 1. The molecule has 1 aliphatic rings. The molecule has 0 unspecified atom stereocenters. The van der Waals surface area contributed by atoms with Crippen LogP contribution in [0.25, 0.3) is 0 Å². The zero-order chi connectivity index (χ0) is 15.7. The van der Waals surface area contributed by atoms with Gasteiger partial charge in [0.15, 0.2) is 5.11 Å². The molecule has 0 bridgehead atoms. The molecule has 22 heavy (non-hydrogen) atoms. The second-order valence-electron chi connectivity index (χ2n) is 5.78. The lowest BCUT2D eigenvalue weighted by molar-refractivity contribution is 0.306. The van der Waals surface area contributed by atoms with E-state index in [0.717, 1.165) is 23.8 Å². The molecule has 3 heterocycles. The first-order valence-electron chi connectivity index (χ1n) is 7.73. The fourth-order valence-corrected chi connectivity index (χ4v) is 3.47. The van der Waals surface area contributed by atoms with E-state index < -0.39 is 0 Å². The smallest absolute Gasteiger partial charge is 0.170 e. The second kappa shape index (κ2) is 6.08. The highest BCUT2D eigenvalue weighted by molar-refractivity contribution is 7.80. The van der Waals surface area contributed by atoms with Crippen LogP contribution in [-0.2, 0) is 7.05 Å². The fourth-order valence-electron chi connectivity index (χ4n) is 3.14. The topological polar surface area (TPSA) is 33.1 Å². The Morgan fingerprint density at radius 2 is 2.09 bits per heavy atom. The van der Waals surface area contributed by atoms with E-state index in [-0.39, 0.29) is 12.1 Å². The number of hydrogen-bond donors (Lipinski definition) is 1. The molecule has 0 aromatic carbocycles. The molecule has 0 radical (unpaired) electrons. The average Bonchev–Trinajstić information content (AvgIpc) is 3.02. The summed E-state index contributed by atoms with van der Waals surface area (Å²) in [5, 5.41) is 4.29. The van der Waals surface area contributed by atoms with E-state index in [4.69, 9.17) is 12.2 Å². The van der Waals surface area contributed by atoms with Crippen molar-refractivity contribution in [3.05, 3.63) is 53.6 Å². The Bertz CT molecular complexity index is 665. The van der Waals surface area contributed by atoms with Gasteiger partial charge in [0.2, 0.25) is 0 Å². The molecular weight excluding hydrogens is 292 g/mol. The Balaban J connectivity index is 2.05. The third kappa shape index (κ3) is 2.50.